The highest BCUT2D eigenvalue weighted by atomic mass is 16.5. The number of pyridine rings is 2. The third-order valence-corrected chi connectivity index (χ3v) is 5.84. The van der Waals surface area contributed by atoms with E-state index in [2.05, 4.69) is 4.98 Å². The zero-order valence-corrected chi connectivity index (χ0v) is 19.1. The van der Waals surface area contributed by atoms with Crippen LogP contribution in [-0.4, -0.2) is 22.4 Å². The third kappa shape index (κ3) is 4.27. The largest absolute Gasteiger partial charge is 0.497 e. The monoisotopic (exact) mass is 458 g/mol. The van der Waals surface area contributed by atoms with Crippen LogP contribution in [-0.2, 0) is 0 Å². The first-order valence-corrected chi connectivity index (χ1v) is 11.2. The molecule has 0 aliphatic rings. The zero-order chi connectivity index (χ0) is 24.2. The predicted molar refractivity (Wildman–Crippen MR) is 139 cm³/mol. The van der Waals surface area contributed by atoms with Crippen molar-refractivity contribution in [3.05, 3.63) is 131 Å². The van der Waals surface area contributed by atoms with Crippen LogP contribution in [0, 0.1) is 0 Å². The van der Waals surface area contributed by atoms with Crippen molar-refractivity contribution in [1.82, 2.24) is 9.55 Å². The van der Waals surface area contributed by atoms with E-state index in [0.29, 0.717) is 22.5 Å². The van der Waals surface area contributed by atoms with Gasteiger partial charge in [-0.2, -0.15) is 0 Å². The van der Waals surface area contributed by atoms with Gasteiger partial charge in [0.25, 0.3) is 5.56 Å². The first-order chi connectivity index (χ1) is 17.2. The molecule has 0 spiro atoms. The minimum Gasteiger partial charge on any atom is -0.497 e. The lowest BCUT2D eigenvalue weighted by atomic mass is 9.93. The Balaban J connectivity index is 1.86. The summed E-state index contributed by atoms with van der Waals surface area (Å²) in [7, 11) is 1.60. The topological polar surface area (TPSA) is 61.2 Å². The minimum atomic E-state index is -0.378. The summed E-state index contributed by atoms with van der Waals surface area (Å²) in [5.74, 6) is 0.263. The van der Waals surface area contributed by atoms with Gasteiger partial charge in [0.1, 0.15) is 5.75 Å². The Morgan fingerprint density at radius 3 is 2.26 bits per heavy atom. The lowest BCUT2D eigenvalue weighted by Gasteiger charge is -2.18. The van der Waals surface area contributed by atoms with E-state index in [4.69, 9.17) is 4.74 Å². The quantitative estimate of drug-likeness (QED) is 0.233. The fourth-order valence-electron chi connectivity index (χ4n) is 4.20. The van der Waals surface area contributed by atoms with Gasteiger partial charge in [-0.05, 0) is 59.7 Å². The second-order valence-electron chi connectivity index (χ2n) is 7.95. The highest BCUT2D eigenvalue weighted by Gasteiger charge is 2.23. The molecular weight excluding hydrogens is 436 g/mol. The summed E-state index contributed by atoms with van der Waals surface area (Å²) in [5, 5.41) is 0.750. The van der Waals surface area contributed by atoms with Crippen molar-refractivity contribution in [3.63, 3.8) is 0 Å². The lowest BCUT2D eigenvalue weighted by molar-refractivity contribution is 0.104. The molecule has 0 aliphatic heterocycles. The van der Waals surface area contributed by atoms with E-state index in [1.807, 2.05) is 78.9 Å². The van der Waals surface area contributed by atoms with E-state index < -0.39 is 0 Å². The van der Waals surface area contributed by atoms with Gasteiger partial charge in [-0.15, -0.1) is 0 Å². The predicted octanol–water partition coefficient (Wildman–Crippen LogP) is 5.96. The second kappa shape index (κ2) is 9.61. The van der Waals surface area contributed by atoms with E-state index in [-0.39, 0.29) is 16.9 Å². The molecule has 5 rings (SSSR count). The summed E-state index contributed by atoms with van der Waals surface area (Å²) in [6.07, 6.45) is 6.45. The summed E-state index contributed by atoms with van der Waals surface area (Å²) in [5.41, 5.74) is 3.28. The molecular formula is C30H22N2O3. The first kappa shape index (κ1) is 22.0. The number of nitrogens with zero attached hydrogens (tertiary/aromatic N) is 2. The fourth-order valence-corrected chi connectivity index (χ4v) is 4.20. The number of para-hydroxylation sites is 1. The van der Waals surface area contributed by atoms with Crippen LogP contribution in [0.3, 0.4) is 0 Å². The molecule has 5 nitrogen and oxygen atoms in total. The van der Waals surface area contributed by atoms with E-state index in [1.165, 1.54) is 6.08 Å². The molecule has 0 aliphatic carbocycles. The molecule has 0 saturated carbocycles. The number of hydrogen-bond acceptors (Lipinski definition) is 4. The molecule has 5 heteroatoms. The zero-order valence-electron chi connectivity index (χ0n) is 19.1. The van der Waals surface area contributed by atoms with E-state index >= 15 is 0 Å². The summed E-state index contributed by atoms with van der Waals surface area (Å²) in [6.45, 7) is 0. The maximum absolute atomic E-state index is 14.1. The number of carbonyl (C=O) groups excluding carboxylic acids is 1. The normalized spacial score (nSPS) is 11.1. The number of aromatic nitrogens is 2. The number of hydrogen-bond donors (Lipinski definition) is 0. The third-order valence-electron chi connectivity index (χ3n) is 5.84. The molecule has 0 N–H and O–H groups in total. The van der Waals surface area contributed by atoms with Crippen molar-refractivity contribution in [3.8, 4) is 22.6 Å². The van der Waals surface area contributed by atoms with Crippen LogP contribution in [0.25, 0.3) is 33.8 Å². The number of rotatable bonds is 6. The van der Waals surface area contributed by atoms with Gasteiger partial charge in [0, 0.05) is 29.0 Å². The Morgan fingerprint density at radius 2 is 1.57 bits per heavy atom. The smallest absolute Gasteiger partial charge is 0.267 e. The van der Waals surface area contributed by atoms with Crippen LogP contribution in [0.4, 0.5) is 0 Å². The van der Waals surface area contributed by atoms with Gasteiger partial charge in [-0.3, -0.25) is 19.1 Å². The maximum atomic E-state index is 14.1. The van der Waals surface area contributed by atoms with Crippen molar-refractivity contribution < 1.29 is 9.53 Å². The maximum Gasteiger partial charge on any atom is 0.267 e. The number of carbonyl (C=O) groups is 1. The summed E-state index contributed by atoms with van der Waals surface area (Å²) in [6, 6.07) is 28.0. The molecule has 0 radical (unpaired) electrons. The Hall–Kier alpha value is -4.77. The molecule has 0 unspecified atom stereocenters. The number of allylic oxidation sites excluding steroid dienone is 1. The lowest BCUT2D eigenvalue weighted by Crippen LogP contribution is -2.26. The molecule has 170 valence electrons. The highest BCUT2D eigenvalue weighted by molar-refractivity contribution is 6.15. The van der Waals surface area contributed by atoms with Crippen LogP contribution in [0.5, 0.6) is 5.75 Å². The van der Waals surface area contributed by atoms with E-state index in [0.717, 1.165) is 16.5 Å². The molecule has 0 bridgehead atoms. The number of ketones is 1. The van der Waals surface area contributed by atoms with E-state index in [9.17, 15) is 9.59 Å². The summed E-state index contributed by atoms with van der Waals surface area (Å²) in [4.78, 5) is 31.7. The van der Waals surface area contributed by atoms with Crippen LogP contribution in [0.15, 0.2) is 114 Å². The Morgan fingerprint density at radius 1 is 0.886 bits per heavy atom. The van der Waals surface area contributed by atoms with Crippen molar-refractivity contribution in [1.29, 1.82) is 0 Å². The van der Waals surface area contributed by atoms with Crippen molar-refractivity contribution in [2.75, 3.05) is 7.11 Å². The van der Waals surface area contributed by atoms with Gasteiger partial charge in [0.2, 0.25) is 0 Å². The molecule has 5 aromatic rings. The number of benzene rings is 3. The Bertz CT molecular complexity index is 1590. The van der Waals surface area contributed by atoms with Gasteiger partial charge in [0.05, 0.1) is 18.2 Å². The Labute approximate surface area is 202 Å². The second-order valence-corrected chi connectivity index (χ2v) is 7.95. The van der Waals surface area contributed by atoms with Crippen LogP contribution in [0.2, 0.25) is 0 Å². The summed E-state index contributed by atoms with van der Waals surface area (Å²) >= 11 is 0. The molecule has 35 heavy (non-hydrogen) atoms. The molecule has 2 aromatic heterocycles. The van der Waals surface area contributed by atoms with Gasteiger partial charge in [-0.1, -0.05) is 54.6 Å². The van der Waals surface area contributed by atoms with Gasteiger partial charge in [-0.25, -0.2) is 0 Å². The average molecular weight is 459 g/mol. The van der Waals surface area contributed by atoms with Gasteiger partial charge >= 0.3 is 0 Å². The SMILES string of the molecule is COc1ccc2c(c1)c(-c1ccccc1)c(C(=O)/C=C/c1ccncc1)c(=O)n2-c1ccccc1. The van der Waals surface area contributed by atoms with Gasteiger partial charge < -0.3 is 4.74 Å². The fraction of sp³-hybridized carbons (Fsp3) is 0.0333. The van der Waals surface area contributed by atoms with Crippen LogP contribution < -0.4 is 10.3 Å². The molecule has 0 amide bonds. The number of methoxy groups -OCH3 is 1. The molecule has 0 saturated heterocycles. The van der Waals surface area contributed by atoms with Crippen molar-refractivity contribution >= 4 is 22.8 Å². The average Bonchev–Trinajstić information content (AvgIpc) is 2.92. The van der Waals surface area contributed by atoms with Gasteiger partial charge in [0.15, 0.2) is 5.78 Å². The van der Waals surface area contributed by atoms with Crippen molar-refractivity contribution in [2.45, 2.75) is 0 Å². The van der Waals surface area contributed by atoms with E-state index in [1.54, 1.807) is 42.3 Å². The first-order valence-electron chi connectivity index (χ1n) is 11.2. The Kier molecular flexibility index (Phi) is 6.05. The van der Waals surface area contributed by atoms with Crippen LogP contribution >= 0.6 is 0 Å². The molecule has 3 aromatic carbocycles. The highest BCUT2D eigenvalue weighted by Crippen LogP contribution is 2.34. The number of ether oxygens (including phenoxy) is 1. The summed E-state index contributed by atoms with van der Waals surface area (Å²) < 4.78 is 7.09. The molecule has 0 atom stereocenters. The van der Waals surface area contributed by atoms with Crippen LogP contribution in [0.1, 0.15) is 15.9 Å². The molecule has 0 fully saturated rings. The standard InChI is InChI=1S/C30H22N2O3/c1-35-24-13-14-26-25(20-24)28(22-8-4-2-5-9-22)29(27(33)15-12-21-16-18-31-19-17-21)30(34)32(26)23-10-6-3-7-11-23/h2-20H,1H3/b15-12+. The molecule has 2 heterocycles. The van der Waals surface area contributed by atoms with Crippen molar-refractivity contribution in [2.24, 2.45) is 0 Å². The number of fused-ring (bicyclic) bond motifs is 1. The minimum absolute atomic E-state index is 0.103.